The molecular weight excluding hydrogens is 384 g/mol. The highest BCUT2D eigenvalue weighted by atomic mass is 79.9. The fourth-order valence-electron chi connectivity index (χ4n) is 2.55. The van der Waals surface area contributed by atoms with E-state index in [1.807, 2.05) is 30.3 Å². The molecule has 0 unspecified atom stereocenters. The Kier molecular flexibility index (Phi) is 4.46. The Labute approximate surface area is 151 Å². The number of benzene rings is 2. The van der Waals surface area contributed by atoms with E-state index in [2.05, 4.69) is 20.9 Å². The number of anilines is 1. The van der Waals surface area contributed by atoms with Crippen LogP contribution in [0.4, 0.5) is 11.5 Å². The summed E-state index contributed by atoms with van der Waals surface area (Å²) in [5, 5.41) is 20.8. The average molecular weight is 395 g/mol. The normalized spacial score (nSPS) is 10.2. The summed E-state index contributed by atoms with van der Waals surface area (Å²) in [6, 6.07) is 17.3. The van der Waals surface area contributed by atoms with Crippen LogP contribution < -0.4 is 5.73 Å². The summed E-state index contributed by atoms with van der Waals surface area (Å²) in [6.07, 6.45) is 0. The zero-order valence-electron chi connectivity index (χ0n) is 12.8. The van der Waals surface area contributed by atoms with Gasteiger partial charge in [-0.25, -0.2) is 4.98 Å². The highest BCUT2D eigenvalue weighted by molar-refractivity contribution is 9.10. The number of nitrogen functional groups attached to an aromatic ring is 1. The van der Waals surface area contributed by atoms with Crippen LogP contribution >= 0.6 is 15.9 Å². The number of rotatable bonds is 3. The highest BCUT2D eigenvalue weighted by Gasteiger charge is 2.20. The second-order valence-electron chi connectivity index (χ2n) is 5.21. The maximum Gasteiger partial charge on any atom is 0.277 e. The van der Waals surface area contributed by atoms with Gasteiger partial charge in [0, 0.05) is 21.7 Å². The molecule has 0 fully saturated rings. The monoisotopic (exact) mass is 394 g/mol. The first-order valence-electron chi connectivity index (χ1n) is 7.21. The van der Waals surface area contributed by atoms with Gasteiger partial charge in [0.05, 0.1) is 16.2 Å². The van der Waals surface area contributed by atoms with E-state index < -0.39 is 4.92 Å². The second kappa shape index (κ2) is 6.71. The molecule has 1 aromatic heterocycles. The fraction of sp³-hybridized carbons (Fsp3) is 0. The van der Waals surface area contributed by atoms with Crippen molar-refractivity contribution < 1.29 is 4.92 Å². The molecule has 1 heterocycles. The molecule has 0 aliphatic heterocycles. The van der Waals surface area contributed by atoms with Gasteiger partial charge >= 0.3 is 0 Å². The van der Waals surface area contributed by atoms with Crippen molar-refractivity contribution in [1.29, 1.82) is 5.26 Å². The van der Waals surface area contributed by atoms with Crippen LogP contribution in [0.15, 0.2) is 59.1 Å². The van der Waals surface area contributed by atoms with Crippen molar-refractivity contribution in [3.8, 4) is 28.5 Å². The average Bonchev–Trinajstić information content (AvgIpc) is 2.61. The molecule has 0 spiro atoms. The number of nitrogens with zero attached hydrogens (tertiary/aromatic N) is 3. The van der Waals surface area contributed by atoms with Gasteiger partial charge in [-0.1, -0.05) is 40.2 Å². The van der Waals surface area contributed by atoms with Crippen LogP contribution in [-0.4, -0.2) is 9.91 Å². The van der Waals surface area contributed by atoms with Gasteiger partial charge in [-0.05, 0) is 24.3 Å². The van der Waals surface area contributed by atoms with E-state index in [9.17, 15) is 15.4 Å². The third kappa shape index (κ3) is 3.20. The lowest BCUT2D eigenvalue weighted by atomic mass is 9.97. The van der Waals surface area contributed by atoms with Gasteiger partial charge in [-0.2, -0.15) is 5.26 Å². The standard InChI is InChI=1S/C18H11BrN4O2/c19-12-5-3-4-11(8-12)16-9-14(15(10-20)18(21)22-16)13-6-1-2-7-17(13)23(24)25/h1-9H,(H2,21,22). The molecule has 122 valence electrons. The molecule has 6 nitrogen and oxygen atoms in total. The summed E-state index contributed by atoms with van der Waals surface area (Å²) >= 11 is 3.40. The van der Waals surface area contributed by atoms with E-state index in [0.29, 0.717) is 16.8 Å². The van der Waals surface area contributed by atoms with Crippen LogP contribution in [0.2, 0.25) is 0 Å². The Hall–Kier alpha value is -3.24. The lowest BCUT2D eigenvalue weighted by Gasteiger charge is -2.10. The molecule has 2 aromatic carbocycles. The van der Waals surface area contributed by atoms with E-state index in [1.54, 1.807) is 24.3 Å². The van der Waals surface area contributed by atoms with Gasteiger partial charge in [0.2, 0.25) is 0 Å². The Balaban J connectivity index is 2.30. The van der Waals surface area contributed by atoms with Gasteiger partial charge in [-0.15, -0.1) is 0 Å². The van der Waals surface area contributed by atoms with Gasteiger partial charge in [0.15, 0.2) is 0 Å². The molecule has 0 atom stereocenters. The first-order chi connectivity index (χ1) is 12.0. The first kappa shape index (κ1) is 16.6. The number of nitrogens with two attached hydrogens (primary N) is 1. The molecule has 0 radical (unpaired) electrons. The van der Waals surface area contributed by atoms with Gasteiger partial charge in [-0.3, -0.25) is 10.1 Å². The lowest BCUT2D eigenvalue weighted by Crippen LogP contribution is -2.01. The molecule has 0 saturated carbocycles. The zero-order valence-corrected chi connectivity index (χ0v) is 14.4. The van der Waals surface area contributed by atoms with Crippen LogP contribution in [-0.2, 0) is 0 Å². The van der Waals surface area contributed by atoms with Crippen LogP contribution in [0, 0.1) is 21.4 Å². The summed E-state index contributed by atoms with van der Waals surface area (Å²) < 4.78 is 0.863. The molecule has 25 heavy (non-hydrogen) atoms. The van der Waals surface area contributed by atoms with Crippen molar-refractivity contribution in [2.45, 2.75) is 0 Å². The SMILES string of the molecule is N#Cc1c(-c2ccccc2[N+](=O)[O-])cc(-c2cccc(Br)c2)nc1N. The molecule has 3 rings (SSSR count). The number of nitro benzene ring substituents is 1. The minimum absolute atomic E-state index is 0.0353. The van der Waals surface area contributed by atoms with E-state index in [4.69, 9.17) is 5.73 Å². The summed E-state index contributed by atoms with van der Waals surface area (Å²) in [7, 11) is 0. The lowest BCUT2D eigenvalue weighted by molar-refractivity contribution is -0.384. The number of pyridine rings is 1. The Morgan fingerprint density at radius 1 is 1.12 bits per heavy atom. The number of halogens is 1. The number of hydrogen-bond donors (Lipinski definition) is 1. The molecule has 2 N–H and O–H groups in total. The predicted molar refractivity (Wildman–Crippen MR) is 98.6 cm³/mol. The number of hydrogen-bond acceptors (Lipinski definition) is 5. The Morgan fingerprint density at radius 2 is 1.88 bits per heavy atom. The second-order valence-corrected chi connectivity index (χ2v) is 6.13. The summed E-state index contributed by atoms with van der Waals surface area (Å²) in [5.41, 5.74) is 8.01. The van der Waals surface area contributed by atoms with E-state index in [-0.39, 0.29) is 17.1 Å². The smallest absolute Gasteiger partial charge is 0.277 e. The summed E-state index contributed by atoms with van der Waals surface area (Å²) in [5.74, 6) is 0.0353. The first-order valence-corrected chi connectivity index (χ1v) is 8.01. The number of nitriles is 1. The van der Waals surface area contributed by atoms with Gasteiger partial charge in [0.1, 0.15) is 17.5 Å². The van der Waals surface area contributed by atoms with Crippen molar-refractivity contribution in [2.24, 2.45) is 0 Å². The number of aromatic nitrogens is 1. The third-order valence-corrected chi connectivity index (χ3v) is 4.16. The van der Waals surface area contributed by atoms with Crippen molar-refractivity contribution in [3.05, 3.63) is 74.7 Å². The molecule has 0 bridgehead atoms. The highest BCUT2D eigenvalue weighted by Crippen LogP contribution is 2.36. The van der Waals surface area contributed by atoms with Gasteiger partial charge in [0.25, 0.3) is 5.69 Å². The Bertz CT molecular complexity index is 1030. The summed E-state index contributed by atoms with van der Waals surface area (Å²) in [6.45, 7) is 0. The third-order valence-electron chi connectivity index (χ3n) is 3.67. The molecule has 0 saturated heterocycles. The largest absolute Gasteiger partial charge is 0.383 e. The quantitative estimate of drug-likeness (QED) is 0.518. The molecule has 3 aromatic rings. The molecule has 0 aliphatic carbocycles. The molecular formula is C18H11BrN4O2. The van der Waals surface area contributed by atoms with Crippen molar-refractivity contribution in [1.82, 2.24) is 4.98 Å². The number of para-hydroxylation sites is 1. The maximum atomic E-state index is 11.3. The fourth-order valence-corrected chi connectivity index (χ4v) is 2.95. The molecule has 7 heteroatoms. The van der Waals surface area contributed by atoms with Crippen LogP contribution in [0.25, 0.3) is 22.4 Å². The minimum Gasteiger partial charge on any atom is -0.383 e. The molecule has 0 amide bonds. The minimum atomic E-state index is -0.480. The van der Waals surface area contributed by atoms with Crippen LogP contribution in [0.1, 0.15) is 5.56 Å². The van der Waals surface area contributed by atoms with Crippen LogP contribution in [0.5, 0.6) is 0 Å². The predicted octanol–water partition coefficient (Wildman–Crippen LogP) is 4.54. The molecule has 0 aliphatic rings. The maximum absolute atomic E-state index is 11.3. The van der Waals surface area contributed by atoms with Gasteiger partial charge < -0.3 is 5.73 Å². The van der Waals surface area contributed by atoms with E-state index >= 15 is 0 Å². The zero-order chi connectivity index (χ0) is 18.0. The van der Waals surface area contributed by atoms with Crippen molar-refractivity contribution in [2.75, 3.05) is 5.73 Å². The topological polar surface area (TPSA) is 106 Å². The van der Waals surface area contributed by atoms with E-state index in [0.717, 1.165) is 10.0 Å². The Morgan fingerprint density at radius 3 is 2.56 bits per heavy atom. The van der Waals surface area contributed by atoms with Crippen LogP contribution in [0.3, 0.4) is 0 Å². The van der Waals surface area contributed by atoms with Crippen molar-refractivity contribution >= 4 is 27.4 Å². The number of nitro groups is 1. The van der Waals surface area contributed by atoms with E-state index in [1.165, 1.54) is 6.07 Å². The summed E-state index contributed by atoms with van der Waals surface area (Å²) in [4.78, 5) is 15.1. The van der Waals surface area contributed by atoms with Crippen molar-refractivity contribution in [3.63, 3.8) is 0 Å².